The summed E-state index contributed by atoms with van der Waals surface area (Å²) in [6.45, 7) is 2.66. The molecule has 0 bridgehead atoms. The van der Waals surface area contributed by atoms with Gasteiger partial charge in [0.1, 0.15) is 5.75 Å². The number of hydrogen-bond donors (Lipinski definition) is 1. The molecule has 0 aliphatic rings. The van der Waals surface area contributed by atoms with Crippen molar-refractivity contribution in [3.63, 3.8) is 0 Å². The Kier molecular flexibility index (Phi) is 6.05. The first-order chi connectivity index (χ1) is 14.6. The minimum atomic E-state index is -0.0633. The van der Waals surface area contributed by atoms with E-state index in [1.807, 2.05) is 61.5 Å². The first-order valence-corrected chi connectivity index (χ1v) is 10.7. The largest absolute Gasteiger partial charge is 0.497 e. The van der Waals surface area contributed by atoms with Gasteiger partial charge in [0.15, 0.2) is 5.16 Å². The van der Waals surface area contributed by atoms with Crippen LogP contribution in [0.4, 0.5) is 5.69 Å². The lowest BCUT2D eigenvalue weighted by Gasteiger charge is -2.11. The molecule has 0 aliphatic carbocycles. The van der Waals surface area contributed by atoms with E-state index >= 15 is 0 Å². The predicted molar refractivity (Wildman–Crippen MR) is 122 cm³/mol. The molecule has 1 aromatic heterocycles. The Hall–Kier alpha value is -3.25. The van der Waals surface area contributed by atoms with Crippen LogP contribution in [-0.4, -0.2) is 28.3 Å². The average molecular weight is 418 g/mol. The molecule has 152 valence electrons. The summed E-state index contributed by atoms with van der Waals surface area (Å²) < 4.78 is 7.39. The van der Waals surface area contributed by atoms with E-state index in [4.69, 9.17) is 9.72 Å². The van der Waals surface area contributed by atoms with Gasteiger partial charge in [-0.3, -0.25) is 4.79 Å². The summed E-state index contributed by atoms with van der Waals surface area (Å²) in [4.78, 5) is 17.3. The van der Waals surface area contributed by atoms with Gasteiger partial charge in [0.2, 0.25) is 5.91 Å². The molecule has 1 heterocycles. The highest BCUT2D eigenvalue weighted by atomic mass is 32.2. The van der Waals surface area contributed by atoms with Gasteiger partial charge in [-0.2, -0.15) is 0 Å². The fourth-order valence-corrected chi connectivity index (χ4v) is 4.12. The topological polar surface area (TPSA) is 56.1 Å². The van der Waals surface area contributed by atoms with Gasteiger partial charge >= 0.3 is 0 Å². The molecule has 6 heteroatoms. The van der Waals surface area contributed by atoms with E-state index in [9.17, 15) is 4.79 Å². The Balaban J connectivity index is 1.51. The number of aromatic nitrogens is 2. The number of nitrogens with zero attached hydrogens (tertiary/aromatic N) is 2. The first kappa shape index (κ1) is 20.0. The van der Waals surface area contributed by atoms with E-state index in [2.05, 4.69) is 28.1 Å². The van der Waals surface area contributed by atoms with Gasteiger partial charge in [-0.05, 0) is 48.4 Å². The van der Waals surface area contributed by atoms with Crippen molar-refractivity contribution in [2.75, 3.05) is 18.2 Å². The Labute approximate surface area is 180 Å². The molecule has 0 atom stereocenters. The van der Waals surface area contributed by atoms with E-state index < -0.39 is 0 Å². The number of thioether (sulfide) groups is 1. The molecule has 1 amide bonds. The summed E-state index contributed by atoms with van der Waals surface area (Å²) in [5.41, 5.74) is 4.95. The van der Waals surface area contributed by atoms with E-state index in [-0.39, 0.29) is 11.7 Å². The second-order valence-electron chi connectivity index (χ2n) is 6.97. The first-order valence-electron chi connectivity index (χ1n) is 9.70. The number of carbonyl (C=O) groups is 1. The van der Waals surface area contributed by atoms with Crippen molar-refractivity contribution in [3.8, 4) is 5.75 Å². The zero-order valence-corrected chi connectivity index (χ0v) is 17.8. The molecular formula is C24H23N3O2S. The molecule has 3 aromatic carbocycles. The molecule has 30 heavy (non-hydrogen) atoms. The van der Waals surface area contributed by atoms with Crippen LogP contribution in [0.5, 0.6) is 5.75 Å². The van der Waals surface area contributed by atoms with Gasteiger partial charge in [-0.1, -0.05) is 54.2 Å². The molecule has 0 unspecified atom stereocenters. The van der Waals surface area contributed by atoms with Crippen LogP contribution in [0.25, 0.3) is 11.0 Å². The average Bonchev–Trinajstić information content (AvgIpc) is 3.12. The maximum Gasteiger partial charge on any atom is 0.234 e. The molecule has 0 radical (unpaired) electrons. The van der Waals surface area contributed by atoms with Crippen LogP contribution < -0.4 is 10.1 Å². The predicted octanol–water partition coefficient (Wildman–Crippen LogP) is 5.13. The minimum Gasteiger partial charge on any atom is -0.497 e. The third-order valence-corrected chi connectivity index (χ3v) is 5.82. The standard InChI is InChI=1S/C24H23N3O2S/c1-17-14-19(29-2)12-13-20(17)25-23(28)16-30-24-26-21-10-6-7-11-22(21)27(24)15-18-8-4-3-5-9-18/h3-14H,15-16H2,1-2H3,(H,25,28). The molecule has 1 N–H and O–H groups in total. The Bertz CT molecular complexity index is 1170. The number of para-hydroxylation sites is 2. The molecule has 4 rings (SSSR count). The van der Waals surface area contributed by atoms with Crippen LogP contribution in [-0.2, 0) is 11.3 Å². The van der Waals surface area contributed by atoms with Crippen LogP contribution in [0.15, 0.2) is 78.0 Å². The number of amides is 1. The maximum atomic E-state index is 12.6. The van der Waals surface area contributed by atoms with E-state index in [1.165, 1.54) is 17.3 Å². The lowest BCUT2D eigenvalue weighted by atomic mass is 10.2. The minimum absolute atomic E-state index is 0.0633. The number of nitrogens with one attached hydrogen (secondary N) is 1. The number of hydrogen-bond acceptors (Lipinski definition) is 4. The molecule has 5 nitrogen and oxygen atoms in total. The Morgan fingerprint density at radius 2 is 1.83 bits per heavy atom. The highest BCUT2D eigenvalue weighted by Crippen LogP contribution is 2.26. The number of rotatable bonds is 7. The van der Waals surface area contributed by atoms with Crippen molar-refractivity contribution in [1.82, 2.24) is 9.55 Å². The molecule has 4 aromatic rings. The van der Waals surface area contributed by atoms with Gasteiger partial charge in [0.05, 0.1) is 30.4 Å². The number of ether oxygens (including phenoxy) is 1. The molecular weight excluding hydrogens is 394 g/mol. The van der Waals surface area contributed by atoms with Crippen LogP contribution >= 0.6 is 11.8 Å². The van der Waals surface area contributed by atoms with Crippen molar-refractivity contribution in [2.45, 2.75) is 18.6 Å². The second kappa shape index (κ2) is 9.05. The van der Waals surface area contributed by atoms with Gasteiger partial charge in [0, 0.05) is 5.69 Å². The van der Waals surface area contributed by atoms with Crippen molar-refractivity contribution in [1.29, 1.82) is 0 Å². The molecule has 0 spiro atoms. The number of imidazole rings is 1. The summed E-state index contributed by atoms with van der Waals surface area (Å²) in [7, 11) is 1.63. The Morgan fingerprint density at radius 3 is 2.60 bits per heavy atom. The summed E-state index contributed by atoms with van der Waals surface area (Å²) in [6, 6.07) is 23.9. The summed E-state index contributed by atoms with van der Waals surface area (Å²) in [5, 5.41) is 3.82. The van der Waals surface area contributed by atoms with E-state index in [0.29, 0.717) is 6.54 Å². The fourth-order valence-electron chi connectivity index (χ4n) is 3.30. The molecule has 0 fully saturated rings. The number of aryl methyl sites for hydroxylation is 1. The number of benzene rings is 3. The second-order valence-corrected chi connectivity index (χ2v) is 7.92. The van der Waals surface area contributed by atoms with Gasteiger partial charge in [0.25, 0.3) is 0 Å². The quantitative estimate of drug-likeness (QED) is 0.424. The smallest absolute Gasteiger partial charge is 0.234 e. The fraction of sp³-hybridized carbons (Fsp3) is 0.167. The lowest BCUT2D eigenvalue weighted by molar-refractivity contribution is -0.113. The van der Waals surface area contributed by atoms with E-state index in [1.54, 1.807) is 7.11 Å². The third kappa shape index (κ3) is 4.49. The molecule has 0 saturated heterocycles. The number of anilines is 1. The van der Waals surface area contributed by atoms with Crippen molar-refractivity contribution in [3.05, 3.63) is 83.9 Å². The molecule has 0 aliphatic heterocycles. The third-order valence-electron chi connectivity index (χ3n) is 4.84. The van der Waals surface area contributed by atoms with Crippen molar-refractivity contribution in [2.24, 2.45) is 0 Å². The highest BCUT2D eigenvalue weighted by molar-refractivity contribution is 7.99. The zero-order chi connectivity index (χ0) is 20.9. The van der Waals surface area contributed by atoms with Crippen molar-refractivity contribution >= 4 is 34.4 Å². The zero-order valence-electron chi connectivity index (χ0n) is 17.0. The monoisotopic (exact) mass is 417 g/mol. The molecule has 0 saturated carbocycles. The van der Waals surface area contributed by atoms with Crippen LogP contribution in [0.3, 0.4) is 0 Å². The van der Waals surface area contributed by atoms with Gasteiger partial charge in [-0.25, -0.2) is 4.98 Å². The van der Waals surface area contributed by atoms with Crippen LogP contribution in [0.1, 0.15) is 11.1 Å². The number of fused-ring (bicyclic) bond motifs is 1. The summed E-state index contributed by atoms with van der Waals surface area (Å²) in [6.07, 6.45) is 0. The summed E-state index contributed by atoms with van der Waals surface area (Å²) >= 11 is 1.45. The summed E-state index contributed by atoms with van der Waals surface area (Å²) in [5.74, 6) is 0.991. The Morgan fingerprint density at radius 1 is 1.07 bits per heavy atom. The van der Waals surface area contributed by atoms with Gasteiger partial charge in [-0.15, -0.1) is 0 Å². The van der Waals surface area contributed by atoms with Crippen LogP contribution in [0.2, 0.25) is 0 Å². The normalized spacial score (nSPS) is 10.9. The lowest BCUT2D eigenvalue weighted by Crippen LogP contribution is -2.15. The van der Waals surface area contributed by atoms with E-state index in [0.717, 1.165) is 33.2 Å². The van der Waals surface area contributed by atoms with Crippen LogP contribution in [0, 0.1) is 6.92 Å². The SMILES string of the molecule is COc1ccc(NC(=O)CSc2nc3ccccc3n2Cc2ccccc2)c(C)c1. The van der Waals surface area contributed by atoms with Gasteiger partial charge < -0.3 is 14.6 Å². The van der Waals surface area contributed by atoms with Crippen molar-refractivity contribution < 1.29 is 9.53 Å². The maximum absolute atomic E-state index is 12.6. The highest BCUT2D eigenvalue weighted by Gasteiger charge is 2.14. The number of methoxy groups -OCH3 is 1. The number of carbonyl (C=O) groups excluding carboxylic acids is 1.